The van der Waals surface area contributed by atoms with Gasteiger partial charge in [-0.05, 0) is 44.9 Å². The predicted molar refractivity (Wildman–Crippen MR) is 80.2 cm³/mol. The number of aryl methyl sites for hydroxylation is 2. The largest absolute Gasteiger partial charge is 0.354 e. The van der Waals surface area contributed by atoms with Crippen molar-refractivity contribution in [2.45, 2.75) is 52.5 Å². The minimum atomic E-state index is 0.0878. The summed E-state index contributed by atoms with van der Waals surface area (Å²) in [6.45, 7) is 8.74. The van der Waals surface area contributed by atoms with E-state index in [0.717, 1.165) is 6.42 Å². The summed E-state index contributed by atoms with van der Waals surface area (Å²) in [7, 11) is 0. The van der Waals surface area contributed by atoms with Gasteiger partial charge in [-0.25, -0.2) is 0 Å². The van der Waals surface area contributed by atoms with Crippen LogP contribution in [0.25, 0.3) is 0 Å². The second-order valence-corrected chi connectivity index (χ2v) is 5.37. The molecule has 3 heteroatoms. The molecular formula is C16H26N2O. The maximum Gasteiger partial charge on any atom is 0.220 e. The SMILES string of the molecule is CCC(C)NC(=O)CC(CN)c1ccc(C)cc1C. The number of hydrogen-bond acceptors (Lipinski definition) is 2. The highest BCUT2D eigenvalue weighted by molar-refractivity contribution is 5.77. The van der Waals surface area contributed by atoms with Crippen molar-refractivity contribution in [2.24, 2.45) is 5.73 Å². The molecule has 3 N–H and O–H groups in total. The van der Waals surface area contributed by atoms with Gasteiger partial charge in [-0.1, -0.05) is 30.7 Å². The Bertz CT molecular complexity index is 429. The van der Waals surface area contributed by atoms with Crippen LogP contribution in [0.4, 0.5) is 0 Å². The lowest BCUT2D eigenvalue weighted by atomic mass is 9.91. The highest BCUT2D eigenvalue weighted by Gasteiger charge is 2.17. The normalized spacial score (nSPS) is 13.9. The molecule has 1 amide bonds. The molecule has 0 aromatic heterocycles. The van der Waals surface area contributed by atoms with Gasteiger partial charge in [-0.15, -0.1) is 0 Å². The number of amides is 1. The maximum absolute atomic E-state index is 12.0. The molecule has 0 bridgehead atoms. The lowest BCUT2D eigenvalue weighted by Gasteiger charge is -2.19. The third-order valence-electron chi connectivity index (χ3n) is 3.60. The lowest BCUT2D eigenvalue weighted by Crippen LogP contribution is -2.34. The van der Waals surface area contributed by atoms with Crippen LogP contribution < -0.4 is 11.1 Å². The average Bonchev–Trinajstić information content (AvgIpc) is 2.36. The van der Waals surface area contributed by atoms with Crippen LogP contribution in [-0.4, -0.2) is 18.5 Å². The first-order valence-electron chi connectivity index (χ1n) is 7.04. The molecule has 2 atom stereocenters. The smallest absolute Gasteiger partial charge is 0.220 e. The number of hydrogen-bond donors (Lipinski definition) is 2. The van der Waals surface area contributed by atoms with E-state index in [9.17, 15) is 4.79 Å². The molecule has 106 valence electrons. The highest BCUT2D eigenvalue weighted by Crippen LogP contribution is 2.23. The first-order valence-corrected chi connectivity index (χ1v) is 7.04. The maximum atomic E-state index is 12.0. The Labute approximate surface area is 116 Å². The molecule has 0 saturated heterocycles. The third kappa shape index (κ3) is 4.67. The van der Waals surface area contributed by atoms with E-state index in [1.807, 2.05) is 6.92 Å². The Balaban J connectivity index is 2.75. The molecule has 0 fully saturated rings. The van der Waals surface area contributed by atoms with Gasteiger partial charge >= 0.3 is 0 Å². The Kier molecular flexibility index (Phi) is 6.03. The van der Waals surface area contributed by atoms with Crippen LogP contribution in [0.15, 0.2) is 18.2 Å². The monoisotopic (exact) mass is 262 g/mol. The summed E-state index contributed by atoms with van der Waals surface area (Å²) >= 11 is 0. The molecule has 2 unspecified atom stereocenters. The summed E-state index contributed by atoms with van der Waals surface area (Å²) in [4.78, 5) is 12.0. The third-order valence-corrected chi connectivity index (χ3v) is 3.60. The van der Waals surface area contributed by atoms with Crippen molar-refractivity contribution in [1.82, 2.24) is 5.32 Å². The molecule has 0 spiro atoms. The number of carbonyl (C=O) groups excluding carboxylic acids is 1. The van der Waals surface area contributed by atoms with Gasteiger partial charge in [-0.3, -0.25) is 4.79 Å². The zero-order valence-corrected chi connectivity index (χ0v) is 12.5. The Hall–Kier alpha value is -1.35. The molecule has 1 aromatic carbocycles. The van der Waals surface area contributed by atoms with Crippen molar-refractivity contribution in [3.05, 3.63) is 34.9 Å². The van der Waals surface area contributed by atoms with E-state index in [1.165, 1.54) is 16.7 Å². The molecule has 1 aromatic rings. The number of nitrogens with one attached hydrogen (secondary N) is 1. The fourth-order valence-corrected chi connectivity index (χ4v) is 2.26. The van der Waals surface area contributed by atoms with Gasteiger partial charge in [0.1, 0.15) is 0 Å². The number of benzene rings is 1. The first kappa shape index (κ1) is 15.7. The molecule has 3 nitrogen and oxygen atoms in total. The van der Waals surface area contributed by atoms with E-state index >= 15 is 0 Å². The van der Waals surface area contributed by atoms with Crippen molar-refractivity contribution in [2.75, 3.05) is 6.54 Å². The highest BCUT2D eigenvalue weighted by atomic mass is 16.1. The summed E-state index contributed by atoms with van der Waals surface area (Å²) in [5, 5.41) is 3.00. The van der Waals surface area contributed by atoms with E-state index in [4.69, 9.17) is 5.73 Å². The van der Waals surface area contributed by atoms with Gasteiger partial charge < -0.3 is 11.1 Å². The zero-order valence-electron chi connectivity index (χ0n) is 12.5. The summed E-state index contributed by atoms with van der Waals surface area (Å²) in [6.07, 6.45) is 1.41. The van der Waals surface area contributed by atoms with Crippen molar-refractivity contribution < 1.29 is 4.79 Å². The minimum Gasteiger partial charge on any atom is -0.354 e. The summed E-state index contributed by atoms with van der Waals surface area (Å²) in [6, 6.07) is 6.55. The van der Waals surface area contributed by atoms with Crippen LogP contribution in [0.3, 0.4) is 0 Å². The van der Waals surface area contributed by atoms with Crippen LogP contribution in [0, 0.1) is 13.8 Å². The van der Waals surface area contributed by atoms with Crippen molar-refractivity contribution in [3.8, 4) is 0 Å². The first-order chi connectivity index (χ1) is 8.97. The van der Waals surface area contributed by atoms with Crippen LogP contribution >= 0.6 is 0 Å². The topological polar surface area (TPSA) is 55.1 Å². The molecule has 19 heavy (non-hydrogen) atoms. The fraction of sp³-hybridized carbons (Fsp3) is 0.562. The molecule has 0 aliphatic carbocycles. The predicted octanol–water partition coefficient (Wildman–Crippen LogP) is 2.65. The second-order valence-electron chi connectivity index (χ2n) is 5.37. The van der Waals surface area contributed by atoms with E-state index in [2.05, 4.69) is 44.3 Å². The summed E-state index contributed by atoms with van der Waals surface area (Å²) in [5.74, 6) is 0.189. The van der Waals surface area contributed by atoms with Gasteiger partial charge in [0.15, 0.2) is 0 Å². The van der Waals surface area contributed by atoms with Gasteiger partial charge in [0.05, 0.1) is 0 Å². The Morgan fingerprint density at radius 1 is 1.37 bits per heavy atom. The Morgan fingerprint density at radius 2 is 2.05 bits per heavy atom. The molecular weight excluding hydrogens is 236 g/mol. The van der Waals surface area contributed by atoms with E-state index < -0.39 is 0 Å². The summed E-state index contributed by atoms with van der Waals surface area (Å²) < 4.78 is 0. The van der Waals surface area contributed by atoms with Crippen LogP contribution in [0.1, 0.15) is 49.3 Å². The van der Waals surface area contributed by atoms with Gasteiger partial charge in [-0.2, -0.15) is 0 Å². The van der Waals surface area contributed by atoms with Gasteiger partial charge in [0, 0.05) is 18.4 Å². The molecule has 0 aliphatic rings. The van der Waals surface area contributed by atoms with E-state index in [0.29, 0.717) is 13.0 Å². The quantitative estimate of drug-likeness (QED) is 0.828. The molecule has 0 radical (unpaired) electrons. The van der Waals surface area contributed by atoms with Gasteiger partial charge in [0.25, 0.3) is 0 Å². The molecule has 0 saturated carbocycles. The lowest BCUT2D eigenvalue weighted by molar-refractivity contribution is -0.122. The van der Waals surface area contributed by atoms with Crippen molar-refractivity contribution in [1.29, 1.82) is 0 Å². The number of carbonyl (C=O) groups is 1. The standard InChI is InChI=1S/C16H26N2O/c1-5-13(4)18-16(19)9-14(10-17)15-7-6-11(2)8-12(15)3/h6-8,13-14H,5,9-10,17H2,1-4H3,(H,18,19). The van der Waals surface area contributed by atoms with Crippen molar-refractivity contribution in [3.63, 3.8) is 0 Å². The Morgan fingerprint density at radius 3 is 2.58 bits per heavy atom. The molecule has 1 rings (SSSR count). The molecule has 0 aliphatic heterocycles. The van der Waals surface area contributed by atoms with E-state index in [1.54, 1.807) is 0 Å². The van der Waals surface area contributed by atoms with Crippen LogP contribution in [-0.2, 0) is 4.79 Å². The minimum absolute atomic E-state index is 0.0878. The number of rotatable bonds is 6. The summed E-state index contributed by atoms with van der Waals surface area (Å²) in [5.41, 5.74) is 9.48. The molecule has 0 heterocycles. The van der Waals surface area contributed by atoms with Crippen molar-refractivity contribution >= 4 is 5.91 Å². The van der Waals surface area contributed by atoms with Crippen LogP contribution in [0.5, 0.6) is 0 Å². The number of nitrogens with two attached hydrogens (primary N) is 1. The average molecular weight is 262 g/mol. The second kappa shape index (κ2) is 7.29. The van der Waals surface area contributed by atoms with Crippen LogP contribution in [0.2, 0.25) is 0 Å². The zero-order chi connectivity index (χ0) is 14.4. The van der Waals surface area contributed by atoms with Gasteiger partial charge in [0.2, 0.25) is 5.91 Å². The van der Waals surface area contributed by atoms with E-state index in [-0.39, 0.29) is 17.9 Å². The fourth-order valence-electron chi connectivity index (χ4n) is 2.26.